The van der Waals surface area contributed by atoms with Gasteiger partial charge in [0.2, 0.25) is 5.91 Å². The highest BCUT2D eigenvalue weighted by molar-refractivity contribution is 6.00. The maximum absolute atomic E-state index is 14.2. The van der Waals surface area contributed by atoms with Gasteiger partial charge in [0.05, 0.1) is 29.2 Å². The topological polar surface area (TPSA) is 106 Å². The highest BCUT2D eigenvalue weighted by atomic mass is 19.2. The Balaban J connectivity index is 1.15. The van der Waals surface area contributed by atoms with E-state index in [9.17, 15) is 22.8 Å². The summed E-state index contributed by atoms with van der Waals surface area (Å²) < 4.78 is 44.7. The molecule has 45 heavy (non-hydrogen) atoms. The molecule has 2 amide bonds. The van der Waals surface area contributed by atoms with E-state index < -0.39 is 29.4 Å². The number of para-hydroxylation sites is 1. The Morgan fingerprint density at radius 2 is 1.53 bits per heavy atom. The first-order chi connectivity index (χ1) is 21.6. The normalized spacial score (nSPS) is 15.6. The second-order valence-corrected chi connectivity index (χ2v) is 11.4. The molecule has 0 bridgehead atoms. The molecule has 2 aromatic heterocycles. The van der Waals surface area contributed by atoms with Crippen molar-refractivity contribution in [2.24, 2.45) is 5.73 Å². The van der Waals surface area contributed by atoms with Crippen molar-refractivity contribution in [1.29, 1.82) is 0 Å². The number of benzene rings is 2. The summed E-state index contributed by atoms with van der Waals surface area (Å²) in [6.45, 7) is 6.07. The van der Waals surface area contributed by atoms with Gasteiger partial charge in [0.1, 0.15) is 17.5 Å². The second kappa shape index (κ2) is 12.2. The van der Waals surface area contributed by atoms with E-state index in [1.807, 2.05) is 48.0 Å². The number of nitrogens with two attached hydrogens (primary N) is 1. The van der Waals surface area contributed by atoms with Crippen molar-refractivity contribution in [2.75, 3.05) is 36.0 Å². The number of hydrogen-bond acceptors (Lipinski definition) is 6. The molecule has 10 nitrogen and oxygen atoms in total. The van der Waals surface area contributed by atoms with E-state index in [-0.39, 0.29) is 30.9 Å². The number of carbonyl (C=O) groups excluding carboxylic acids is 2. The third kappa shape index (κ3) is 6.21. The Labute approximate surface area is 258 Å². The lowest BCUT2D eigenvalue weighted by molar-refractivity contribution is -0.127. The minimum atomic E-state index is -1.30. The standard InChI is InChI=1S/C32H33F3N8O2/c1-20-13-30-41(31(44)16-24(36)14-22-15-27(34)28(35)17-26(22)33)18-23(19-42(30)37-20)32(45)40-10-8-39(9-11-40)29-12-21(2)38-43(29)25-6-4-3-5-7-25/h3-7,12-13,15,17-18,24H,8-11,14,16,19,36H2,1-2H3/t24-/m1/s1. The first-order valence-corrected chi connectivity index (χ1v) is 14.7. The molecule has 1 atom stereocenters. The van der Waals surface area contributed by atoms with Gasteiger partial charge in [-0.15, -0.1) is 0 Å². The molecule has 0 saturated carbocycles. The predicted octanol–water partition coefficient (Wildman–Crippen LogP) is 3.64. The number of carbonyl (C=O) groups is 2. The van der Waals surface area contributed by atoms with E-state index in [1.165, 1.54) is 11.1 Å². The van der Waals surface area contributed by atoms with Gasteiger partial charge in [0.15, 0.2) is 11.6 Å². The SMILES string of the molecule is Cc1cc2n(n1)CC(C(=O)N1CCN(c3cc(C)nn3-c3ccccc3)CC1)=CN2C(=O)C[C@H](N)Cc1cc(F)c(F)cc1F. The van der Waals surface area contributed by atoms with Crippen LogP contribution in [0.5, 0.6) is 0 Å². The monoisotopic (exact) mass is 618 g/mol. The number of aromatic nitrogens is 4. The number of piperazine rings is 1. The molecular formula is C32H33F3N8O2. The van der Waals surface area contributed by atoms with Crippen molar-refractivity contribution >= 4 is 23.5 Å². The van der Waals surface area contributed by atoms with Crippen molar-refractivity contribution in [2.45, 2.75) is 39.3 Å². The van der Waals surface area contributed by atoms with E-state index in [2.05, 4.69) is 15.1 Å². The van der Waals surface area contributed by atoms with Gasteiger partial charge in [-0.05, 0) is 44.0 Å². The molecule has 0 radical (unpaired) electrons. The number of halogens is 3. The minimum Gasteiger partial charge on any atom is -0.353 e. The number of hydrogen-bond donors (Lipinski definition) is 1. The van der Waals surface area contributed by atoms with Gasteiger partial charge in [0, 0.05) is 63.0 Å². The number of fused-ring (bicyclic) bond motifs is 1. The number of nitrogens with zero attached hydrogens (tertiary/aromatic N) is 7. The van der Waals surface area contributed by atoms with Crippen molar-refractivity contribution in [3.05, 3.63) is 101 Å². The Morgan fingerprint density at radius 3 is 2.27 bits per heavy atom. The van der Waals surface area contributed by atoms with Crippen molar-refractivity contribution < 1.29 is 22.8 Å². The van der Waals surface area contributed by atoms with Crippen LogP contribution in [0.2, 0.25) is 0 Å². The third-order valence-electron chi connectivity index (χ3n) is 7.99. The average Bonchev–Trinajstić information content (AvgIpc) is 3.61. The largest absolute Gasteiger partial charge is 0.353 e. The van der Waals surface area contributed by atoms with Crippen LogP contribution in [-0.2, 0) is 22.6 Å². The van der Waals surface area contributed by atoms with E-state index in [0.717, 1.165) is 23.3 Å². The maximum atomic E-state index is 14.2. The second-order valence-electron chi connectivity index (χ2n) is 11.4. The average molecular weight is 619 g/mol. The van der Waals surface area contributed by atoms with Crippen LogP contribution in [0.25, 0.3) is 5.69 Å². The fourth-order valence-electron chi connectivity index (χ4n) is 5.80. The van der Waals surface area contributed by atoms with Crippen molar-refractivity contribution in [1.82, 2.24) is 24.5 Å². The van der Waals surface area contributed by atoms with Gasteiger partial charge in [-0.1, -0.05) is 18.2 Å². The Morgan fingerprint density at radius 1 is 0.867 bits per heavy atom. The van der Waals surface area contributed by atoms with Crippen LogP contribution in [0.15, 0.2) is 66.4 Å². The zero-order valence-corrected chi connectivity index (χ0v) is 25.0. The van der Waals surface area contributed by atoms with Crippen LogP contribution in [0, 0.1) is 31.3 Å². The minimum absolute atomic E-state index is 0.124. The van der Waals surface area contributed by atoms with E-state index in [1.54, 1.807) is 22.6 Å². The van der Waals surface area contributed by atoms with Crippen LogP contribution in [-0.4, -0.2) is 68.5 Å². The molecular weight excluding hydrogens is 585 g/mol. The van der Waals surface area contributed by atoms with Gasteiger partial charge in [-0.2, -0.15) is 10.2 Å². The first kappa shape index (κ1) is 30.1. The van der Waals surface area contributed by atoms with Crippen LogP contribution in [0.1, 0.15) is 23.4 Å². The third-order valence-corrected chi connectivity index (χ3v) is 7.99. The van der Waals surface area contributed by atoms with Crippen molar-refractivity contribution in [3.8, 4) is 5.69 Å². The maximum Gasteiger partial charge on any atom is 0.253 e. The summed E-state index contributed by atoms with van der Waals surface area (Å²) in [7, 11) is 0. The fourth-order valence-corrected chi connectivity index (χ4v) is 5.80. The summed E-state index contributed by atoms with van der Waals surface area (Å²) in [6.07, 6.45) is 1.11. The van der Waals surface area contributed by atoms with Crippen LogP contribution >= 0.6 is 0 Å². The summed E-state index contributed by atoms with van der Waals surface area (Å²) in [5.41, 5.74) is 8.93. The van der Waals surface area contributed by atoms with E-state index >= 15 is 0 Å². The number of anilines is 2. The lowest BCUT2D eigenvalue weighted by atomic mass is 10.0. The highest BCUT2D eigenvalue weighted by Gasteiger charge is 2.32. The molecule has 2 aliphatic heterocycles. The molecule has 2 N–H and O–H groups in total. The molecule has 0 aliphatic carbocycles. The molecule has 2 aliphatic rings. The summed E-state index contributed by atoms with van der Waals surface area (Å²) in [5, 5.41) is 9.13. The van der Waals surface area contributed by atoms with Crippen LogP contribution in [0.4, 0.5) is 24.8 Å². The zero-order chi connectivity index (χ0) is 31.8. The molecule has 2 aromatic carbocycles. The molecule has 0 spiro atoms. The lowest BCUT2D eigenvalue weighted by Gasteiger charge is -2.37. The number of amides is 2. The Bertz CT molecular complexity index is 1780. The number of rotatable bonds is 7. The van der Waals surface area contributed by atoms with Crippen LogP contribution < -0.4 is 15.5 Å². The summed E-state index contributed by atoms with van der Waals surface area (Å²) in [6, 6.07) is 14.0. The molecule has 1 saturated heterocycles. The summed E-state index contributed by atoms with van der Waals surface area (Å²) in [4.78, 5) is 32.5. The smallest absolute Gasteiger partial charge is 0.253 e. The fraction of sp³-hybridized carbons (Fsp3) is 0.312. The summed E-state index contributed by atoms with van der Waals surface area (Å²) >= 11 is 0. The van der Waals surface area contributed by atoms with Gasteiger partial charge in [-0.3, -0.25) is 14.5 Å². The zero-order valence-electron chi connectivity index (χ0n) is 25.0. The molecule has 1 fully saturated rings. The van der Waals surface area contributed by atoms with Crippen LogP contribution in [0.3, 0.4) is 0 Å². The van der Waals surface area contributed by atoms with E-state index in [0.29, 0.717) is 49.3 Å². The molecule has 4 heterocycles. The van der Waals surface area contributed by atoms with Gasteiger partial charge >= 0.3 is 0 Å². The molecule has 13 heteroatoms. The van der Waals surface area contributed by atoms with Gasteiger partial charge in [-0.25, -0.2) is 22.5 Å². The quantitative estimate of drug-likeness (QED) is 0.317. The van der Waals surface area contributed by atoms with Gasteiger partial charge in [0.25, 0.3) is 5.91 Å². The summed E-state index contributed by atoms with van der Waals surface area (Å²) in [5.74, 6) is -2.63. The van der Waals surface area contributed by atoms with E-state index in [4.69, 9.17) is 5.73 Å². The lowest BCUT2D eigenvalue weighted by Crippen LogP contribution is -2.50. The molecule has 6 rings (SSSR count). The Kier molecular flexibility index (Phi) is 8.19. The Hall–Kier alpha value is -4.91. The highest BCUT2D eigenvalue weighted by Crippen LogP contribution is 2.28. The van der Waals surface area contributed by atoms with Crippen molar-refractivity contribution in [3.63, 3.8) is 0 Å². The van der Waals surface area contributed by atoms with Gasteiger partial charge < -0.3 is 15.5 Å². The number of aryl methyl sites for hydroxylation is 2. The predicted molar refractivity (Wildman–Crippen MR) is 162 cm³/mol. The first-order valence-electron chi connectivity index (χ1n) is 14.7. The molecule has 0 unspecified atom stereocenters. The molecule has 4 aromatic rings. The molecule has 234 valence electrons.